The molecule has 1 aliphatic heterocycles. The molecule has 1 saturated carbocycles. The van der Waals surface area contributed by atoms with Crippen LogP contribution in [0.5, 0.6) is 17.2 Å². The van der Waals surface area contributed by atoms with E-state index in [1.54, 1.807) is 23.6 Å². The lowest BCUT2D eigenvalue weighted by Gasteiger charge is -2.21. The minimum Gasteiger partial charge on any atom is -0.493 e. The molecule has 10 heteroatoms. The van der Waals surface area contributed by atoms with Crippen LogP contribution in [0, 0.1) is 5.92 Å². The summed E-state index contributed by atoms with van der Waals surface area (Å²) < 4.78 is 58.4. The van der Waals surface area contributed by atoms with Crippen molar-refractivity contribution in [2.75, 3.05) is 25.1 Å². The van der Waals surface area contributed by atoms with Crippen molar-refractivity contribution >= 4 is 27.9 Å². The van der Waals surface area contributed by atoms with E-state index in [1.165, 1.54) is 43.5 Å². The largest absolute Gasteiger partial charge is 0.493 e. The summed E-state index contributed by atoms with van der Waals surface area (Å²) in [5, 5.41) is 4.34. The SMILES string of the molecule is O=C(C=C(c1ccc(OCC2CCCCC2)cc1)C(F)(F)F)Nc1nc(-c2ccc3c(c2)OCCO3)cs1. The Kier molecular flexibility index (Phi) is 7.87. The van der Waals surface area contributed by atoms with Crippen LogP contribution in [0.2, 0.25) is 0 Å². The predicted molar refractivity (Wildman–Crippen MR) is 140 cm³/mol. The van der Waals surface area contributed by atoms with E-state index < -0.39 is 17.7 Å². The first kappa shape index (κ1) is 26.1. The van der Waals surface area contributed by atoms with E-state index in [-0.39, 0.29) is 10.7 Å². The Balaban J connectivity index is 1.25. The quantitative estimate of drug-likeness (QED) is 0.321. The molecule has 1 N–H and O–H groups in total. The number of carbonyl (C=O) groups excluding carboxylic acids is 1. The molecule has 2 aliphatic rings. The fourth-order valence-corrected chi connectivity index (χ4v) is 5.29. The molecule has 1 aromatic heterocycles. The second-order valence-corrected chi connectivity index (χ2v) is 10.1. The van der Waals surface area contributed by atoms with Gasteiger partial charge in [-0.15, -0.1) is 11.3 Å². The first-order valence-corrected chi connectivity index (χ1v) is 13.4. The van der Waals surface area contributed by atoms with E-state index in [1.807, 2.05) is 0 Å². The van der Waals surface area contributed by atoms with Crippen LogP contribution >= 0.6 is 11.3 Å². The Morgan fingerprint density at radius 3 is 2.53 bits per heavy atom. The summed E-state index contributed by atoms with van der Waals surface area (Å²) in [7, 11) is 0. The van der Waals surface area contributed by atoms with E-state index in [0.29, 0.717) is 54.8 Å². The molecule has 1 fully saturated rings. The fourth-order valence-electron chi connectivity index (χ4n) is 4.57. The number of halogens is 3. The monoisotopic (exact) mass is 544 g/mol. The highest BCUT2D eigenvalue weighted by molar-refractivity contribution is 7.14. The van der Waals surface area contributed by atoms with Crippen LogP contribution in [0.15, 0.2) is 53.9 Å². The number of nitrogens with one attached hydrogen (secondary N) is 1. The van der Waals surface area contributed by atoms with Gasteiger partial charge in [-0.3, -0.25) is 10.1 Å². The number of hydrogen-bond donors (Lipinski definition) is 1. The van der Waals surface area contributed by atoms with E-state index in [2.05, 4.69) is 10.3 Å². The van der Waals surface area contributed by atoms with E-state index in [0.717, 1.165) is 29.7 Å². The van der Waals surface area contributed by atoms with Gasteiger partial charge in [-0.2, -0.15) is 13.2 Å². The minimum atomic E-state index is -4.72. The number of ether oxygens (including phenoxy) is 3. The summed E-state index contributed by atoms with van der Waals surface area (Å²) >= 11 is 1.12. The number of fused-ring (bicyclic) bond motifs is 1. The Hall–Kier alpha value is -3.53. The smallest absolute Gasteiger partial charge is 0.417 e. The summed E-state index contributed by atoms with van der Waals surface area (Å²) in [6.45, 7) is 1.48. The summed E-state index contributed by atoms with van der Waals surface area (Å²) in [5.74, 6) is 1.31. The van der Waals surface area contributed by atoms with Crippen molar-refractivity contribution in [3.8, 4) is 28.5 Å². The lowest BCUT2D eigenvalue weighted by molar-refractivity contribution is -0.112. The zero-order valence-corrected chi connectivity index (χ0v) is 21.4. The first-order valence-electron chi connectivity index (χ1n) is 12.5. The van der Waals surface area contributed by atoms with Crippen LogP contribution in [-0.4, -0.2) is 36.9 Å². The number of amides is 1. The second-order valence-electron chi connectivity index (χ2n) is 9.28. The molecule has 6 nitrogen and oxygen atoms in total. The van der Waals surface area contributed by atoms with Gasteiger partial charge in [-0.1, -0.05) is 31.4 Å². The molecule has 0 radical (unpaired) electrons. The number of rotatable bonds is 7. The topological polar surface area (TPSA) is 69.7 Å². The summed E-state index contributed by atoms with van der Waals surface area (Å²) in [6, 6.07) is 11.0. The maximum Gasteiger partial charge on any atom is 0.417 e. The van der Waals surface area contributed by atoms with Crippen molar-refractivity contribution in [2.45, 2.75) is 38.3 Å². The fraction of sp³-hybridized carbons (Fsp3) is 0.357. The molecule has 2 heterocycles. The molecule has 0 unspecified atom stereocenters. The average Bonchev–Trinajstić information content (AvgIpc) is 3.39. The standard InChI is InChI=1S/C28H27F3N2O4S/c29-28(30,31)22(19-6-9-21(10-7-19)37-16-18-4-2-1-3-5-18)15-26(34)33-27-32-23(17-38-27)20-8-11-24-25(14-20)36-13-12-35-24/h6-11,14-15,17-18H,1-5,12-13,16H2,(H,32,33,34). The van der Waals surface area contributed by atoms with Crippen molar-refractivity contribution in [3.05, 3.63) is 59.5 Å². The highest BCUT2D eigenvalue weighted by Gasteiger charge is 2.35. The molecule has 0 spiro atoms. The number of benzene rings is 2. The number of alkyl halides is 3. The van der Waals surface area contributed by atoms with Gasteiger partial charge < -0.3 is 14.2 Å². The maximum absolute atomic E-state index is 13.8. The number of carbonyl (C=O) groups is 1. The molecule has 3 aromatic rings. The van der Waals surface area contributed by atoms with Gasteiger partial charge >= 0.3 is 6.18 Å². The Morgan fingerprint density at radius 2 is 1.79 bits per heavy atom. The third kappa shape index (κ3) is 6.48. The van der Waals surface area contributed by atoms with Crippen LogP contribution < -0.4 is 19.5 Å². The van der Waals surface area contributed by atoms with Gasteiger partial charge in [0.15, 0.2) is 16.6 Å². The Labute approximate surface area is 222 Å². The van der Waals surface area contributed by atoms with Gasteiger partial charge in [0.1, 0.15) is 19.0 Å². The first-order chi connectivity index (χ1) is 18.3. The van der Waals surface area contributed by atoms with Crippen LogP contribution in [0.1, 0.15) is 37.7 Å². The molecule has 5 rings (SSSR count). The molecule has 200 valence electrons. The van der Waals surface area contributed by atoms with Crippen LogP contribution in [-0.2, 0) is 4.79 Å². The van der Waals surface area contributed by atoms with E-state index in [9.17, 15) is 18.0 Å². The maximum atomic E-state index is 13.8. The highest BCUT2D eigenvalue weighted by Crippen LogP contribution is 2.37. The number of thiazole rings is 1. The molecule has 0 atom stereocenters. The zero-order valence-electron chi connectivity index (χ0n) is 20.6. The normalized spacial score (nSPS) is 16.2. The Morgan fingerprint density at radius 1 is 1.05 bits per heavy atom. The summed E-state index contributed by atoms with van der Waals surface area (Å²) in [4.78, 5) is 16.9. The second kappa shape index (κ2) is 11.5. The predicted octanol–water partition coefficient (Wildman–Crippen LogP) is 7.12. The highest BCUT2D eigenvalue weighted by atomic mass is 32.1. The Bertz CT molecular complexity index is 1300. The van der Waals surface area contributed by atoms with Gasteiger partial charge in [-0.05, 0) is 54.7 Å². The summed E-state index contributed by atoms with van der Waals surface area (Å²) in [6.07, 6.45) is 1.70. The van der Waals surface area contributed by atoms with Gasteiger partial charge in [0.25, 0.3) is 5.91 Å². The number of nitrogens with zero attached hydrogens (tertiary/aromatic N) is 1. The molecule has 0 bridgehead atoms. The van der Waals surface area contributed by atoms with Crippen LogP contribution in [0.25, 0.3) is 16.8 Å². The zero-order chi connectivity index (χ0) is 26.5. The number of allylic oxidation sites excluding steroid dienone is 1. The van der Waals surface area contributed by atoms with Gasteiger partial charge in [0.2, 0.25) is 0 Å². The third-order valence-corrected chi connectivity index (χ3v) is 7.29. The molecule has 0 saturated heterocycles. The number of anilines is 1. The van der Waals surface area contributed by atoms with Crippen molar-refractivity contribution in [1.82, 2.24) is 4.98 Å². The average molecular weight is 545 g/mol. The number of aromatic nitrogens is 1. The van der Waals surface area contributed by atoms with E-state index >= 15 is 0 Å². The lowest BCUT2D eigenvalue weighted by Crippen LogP contribution is -2.16. The van der Waals surface area contributed by atoms with Crippen molar-refractivity contribution < 1.29 is 32.2 Å². The van der Waals surface area contributed by atoms with Crippen LogP contribution in [0.4, 0.5) is 18.3 Å². The van der Waals surface area contributed by atoms with Gasteiger partial charge in [-0.25, -0.2) is 4.98 Å². The third-order valence-electron chi connectivity index (χ3n) is 6.53. The summed E-state index contributed by atoms with van der Waals surface area (Å²) in [5.41, 5.74) is 0.139. The van der Waals surface area contributed by atoms with Gasteiger partial charge in [0, 0.05) is 17.0 Å². The molecular formula is C28H27F3N2O4S. The lowest BCUT2D eigenvalue weighted by atomic mass is 9.90. The molecule has 38 heavy (non-hydrogen) atoms. The molecule has 2 aromatic carbocycles. The van der Waals surface area contributed by atoms with Crippen molar-refractivity contribution in [1.29, 1.82) is 0 Å². The molecule has 1 amide bonds. The van der Waals surface area contributed by atoms with Crippen molar-refractivity contribution in [3.63, 3.8) is 0 Å². The van der Waals surface area contributed by atoms with Crippen LogP contribution in [0.3, 0.4) is 0 Å². The minimum absolute atomic E-state index is 0.117. The van der Waals surface area contributed by atoms with Gasteiger partial charge in [0.05, 0.1) is 17.9 Å². The van der Waals surface area contributed by atoms with Crippen molar-refractivity contribution in [2.24, 2.45) is 5.92 Å². The van der Waals surface area contributed by atoms with E-state index in [4.69, 9.17) is 14.2 Å². The number of hydrogen-bond acceptors (Lipinski definition) is 6. The molecule has 1 aliphatic carbocycles. The molecular weight excluding hydrogens is 517 g/mol.